The summed E-state index contributed by atoms with van der Waals surface area (Å²) >= 11 is 0. The van der Waals surface area contributed by atoms with Crippen LogP contribution in [0.3, 0.4) is 0 Å². The van der Waals surface area contributed by atoms with E-state index in [-0.39, 0.29) is 19.0 Å². The maximum atomic E-state index is 8.64. The van der Waals surface area contributed by atoms with Gasteiger partial charge in [-0.2, -0.15) is 0 Å². The Morgan fingerprint density at radius 1 is 1.25 bits per heavy atom. The van der Waals surface area contributed by atoms with E-state index >= 15 is 0 Å². The molecule has 12 heavy (non-hydrogen) atoms. The van der Waals surface area contributed by atoms with E-state index in [0.29, 0.717) is 17.8 Å². The average molecular weight is 189 g/mol. The van der Waals surface area contributed by atoms with Gasteiger partial charge in [0.15, 0.2) is 0 Å². The van der Waals surface area contributed by atoms with Crippen molar-refractivity contribution in [2.24, 2.45) is 0 Å². The summed E-state index contributed by atoms with van der Waals surface area (Å²) in [5.41, 5.74) is 13.4. The molecule has 0 aliphatic rings. The Morgan fingerprint density at radius 2 is 1.92 bits per heavy atom. The van der Waals surface area contributed by atoms with Gasteiger partial charge < -0.3 is 16.6 Å². The number of nitrogen functional groups attached to an aromatic ring is 2. The number of rotatable bonds is 2. The number of aliphatic hydroxyl groups excluding tert-OH is 1. The molecule has 3 nitrogen and oxygen atoms in total. The molecule has 0 heterocycles. The van der Waals surface area contributed by atoms with E-state index < -0.39 is 0 Å². The molecule has 0 saturated carbocycles. The van der Waals surface area contributed by atoms with Gasteiger partial charge in [0.05, 0.1) is 0 Å². The highest BCUT2D eigenvalue weighted by atomic mass is 35.5. The van der Waals surface area contributed by atoms with Crippen molar-refractivity contribution < 1.29 is 5.11 Å². The molecule has 68 valence electrons. The average Bonchev–Trinajstić information content (AvgIpc) is 1.98. The van der Waals surface area contributed by atoms with Gasteiger partial charge in [0.2, 0.25) is 0 Å². The molecule has 0 aliphatic heterocycles. The monoisotopic (exact) mass is 188 g/mol. The molecule has 0 bridgehead atoms. The molecule has 0 spiro atoms. The Labute approximate surface area is 77.8 Å². The van der Waals surface area contributed by atoms with E-state index in [1.165, 1.54) is 0 Å². The number of nitrogens with two attached hydrogens (primary N) is 2. The lowest BCUT2D eigenvalue weighted by Crippen LogP contribution is -1.98. The van der Waals surface area contributed by atoms with Crippen molar-refractivity contribution in [1.29, 1.82) is 0 Å². The Kier molecular flexibility index (Phi) is 4.47. The fourth-order valence-electron chi connectivity index (χ4n) is 0.963. The first-order valence-electron chi connectivity index (χ1n) is 3.49. The van der Waals surface area contributed by atoms with Crippen molar-refractivity contribution in [2.75, 3.05) is 18.1 Å². The molecule has 0 amide bonds. The lowest BCUT2D eigenvalue weighted by molar-refractivity contribution is 0.300. The second kappa shape index (κ2) is 4.85. The molecule has 0 atom stereocenters. The molecule has 0 fully saturated rings. The van der Waals surface area contributed by atoms with Crippen LogP contribution in [0.2, 0.25) is 0 Å². The maximum Gasteiger partial charge on any atom is 0.0472 e. The highest BCUT2D eigenvalue weighted by Gasteiger charge is 1.97. The summed E-state index contributed by atoms with van der Waals surface area (Å²) in [5.74, 6) is 0. The van der Waals surface area contributed by atoms with Gasteiger partial charge >= 0.3 is 0 Å². The van der Waals surface area contributed by atoms with Crippen LogP contribution in [0.25, 0.3) is 0 Å². The third-order valence-corrected chi connectivity index (χ3v) is 1.55. The quantitative estimate of drug-likeness (QED) is 0.602. The van der Waals surface area contributed by atoms with E-state index in [1.54, 1.807) is 18.2 Å². The zero-order chi connectivity index (χ0) is 8.27. The van der Waals surface area contributed by atoms with Crippen molar-refractivity contribution in [3.63, 3.8) is 0 Å². The second-order valence-corrected chi connectivity index (χ2v) is 2.43. The Bertz CT molecular complexity index is 253. The molecular formula is C8H13ClN2O. The summed E-state index contributed by atoms with van der Waals surface area (Å²) in [6.45, 7) is 0.105. The normalized spacial score (nSPS) is 9.08. The number of halogens is 1. The molecule has 0 aromatic heterocycles. The highest BCUT2D eigenvalue weighted by molar-refractivity contribution is 5.85. The number of hydrogen-bond donors (Lipinski definition) is 3. The largest absolute Gasteiger partial charge is 0.399 e. The minimum absolute atomic E-state index is 0. The summed E-state index contributed by atoms with van der Waals surface area (Å²) in [6, 6.07) is 5.28. The van der Waals surface area contributed by atoms with Gasteiger partial charge in [0, 0.05) is 18.0 Å². The van der Waals surface area contributed by atoms with Crippen molar-refractivity contribution >= 4 is 23.8 Å². The van der Waals surface area contributed by atoms with E-state index in [1.807, 2.05) is 0 Å². The molecule has 0 radical (unpaired) electrons. The molecule has 1 aromatic carbocycles. The van der Waals surface area contributed by atoms with Crippen LogP contribution in [-0.2, 0) is 6.42 Å². The van der Waals surface area contributed by atoms with Gasteiger partial charge in [-0.15, -0.1) is 12.4 Å². The first-order chi connectivity index (χ1) is 5.24. The Morgan fingerprint density at radius 3 is 2.50 bits per heavy atom. The van der Waals surface area contributed by atoms with Gasteiger partial charge in [0.1, 0.15) is 0 Å². The second-order valence-electron chi connectivity index (χ2n) is 2.43. The SMILES string of the molecule is Cl.Nc1ccc(N)c(CCO)c1. The Hall–Kier alpha value is -0.930. The number of hydrogen-bond acceptors (Lipinski definition) is 3. The van der Waals surface area contributed by atoms with Crippen molar-refractivity contribution in [3.8, 4) is 0 Å². The number of benzene rings is 1. The molecule has 4 heteroatoms. The zero-order valence-electron chi connectivity index (χ0n) is 6.66. The highest BCUT2D eigenvalue weighted by Crippen LogP contribution is 2.15. The van der Waals surface area contributed by atoms with Crippen LogP contribution in [0.4, 0.5) is 11.4 Å². The van der Waals surface area contributed by atoms with Gasteiger partial charge in [-0.3, -0.25) is 0 Å². The van der Waals surface area contributed by atoms with Crippen molar-refractivity contribution in [3.05, 3.63) is 23.8 Å². The minimum atomic E-state index is 0. The molecule has 1 aromatic rings. The minimum Gasteiger partial charge on any atom is -0.399 e. The van der Waals surface area contributed by atoms with Crippen LogP contribution < -0.4 is 11.5 Å². The molecule has 0 saturated heterocycles. The van der Waals surface area contributed by atoms with Crippen molar-refractivity contribution in [1.82, 2.24) is 0 Å². The van der Waals surface area contributed by atoms with Gasteiger partial charge in [-0.1, -0.05) is 0 Å². The number of anilines is 2. The standard InChI is InChI=1S/C8H12N2O.ClH/c9-7-1-2-8(10)6(5-7)3-4-11;/h1-2,5,11H,3-4,9-10H2;1H. The Balaban J connectivity index is 0.00000121. The smallest absolute Gasteiger partial charge is 0.0472 e. The lowest BCUT2D eigenvalue weighted by atomic mass is 10.1. The van der Waals surface area contributed by atoms with Crippen LogP contribution in [0.15, 0.2) is 18.2 Å². The fraction of sp³-hybridized carbons (Fsp3) is 0.250. The predicted octanol–water partition coefficient (Wildman–Crippen LogP) is 0.808. The summed E-state index contributed by atoms with van der Waals surface area (Å²) < 4.78 is 0. The molecule has 5 N–H and O–H groups in total. The summed E-state index contributed by atoms with van der Waals surface area (Å²) in [6.07, 6.45) is 0.566. The maximum absolute atomic E-state index is 8.64. The van der Waals surface area contributed by atoms with Crippen LogP contribution in [0.5, 0.6) is 0 Å². The van der Waals surface area contributed by atoms with Crippen LogP contribution in [0.1, 0.15) is 5.56 Å². The molecule has 0 unspecified atom stereocenters. The lowest BCUT2D eigenvalue weighted by Gasteiger charge is -2.03. The van der Waals surface area contributed by atoms with E-state index in [2.05, 4.69) is 0 Å². The zero-order valence-corrected chi connectivity index (χ0v) is 7.47. The molecular weight excluding hydrogens is 176 g/mol. The summed E-state index contributed by atoms with van der Waals surface area (Å²) in [7, 11) is 0. The molecule has 0 aliphatic carbocycles. The number of aliphatic hydroxyl groups is 1. The molecule has 1 rings (SSSR count). The first kappa shape index (κ1) is 11.1. The van der Waals surface area contributed by atoms with Crippen LogP contribution in [-0.4, -0.2) is 11.7 Å². The first-order valence-corrected chi connectivity index (χ1v) is 3.49. The third-order valence-electron chi connectivity index (χ3n) is 1.55. The van der Waals surface area contributed by atoms with Crippen molar-refractivity contribution in [2.45, 2.75) is 6.42 Å². The predicted molar refractivity (Wildman–Crippen MR) is 53.3 cm³/mol. The fourth-order valence-corrected chi connectivity index (χ4v) is 0.963. The topological polar surface area (TPSA) is 72.3 Å². The third kappa shape index (κ3) is 2.60. The summed E-state index contributed by atoms with van der Waals surface area (Å²) in [5, 5.41) is 8.64. The van der Waals surface area contributed by atoms with Gasteiger partial charge in [0.25, 0.3) is 0 Å². The van der Waals surface area contributed by atoms with E-state index in [4.69, 9.17) is 16.6 Å². The summed E-state index contributed by atoms with van der Waals surface area (Å²) in [4.78, 5) is 0. The van der Waals surface area contributed by atoms with E-state index in [9.17, 15) is 0 Å². The van der Waals surface area contributed by atoms with Crippen LogP contribution >= 0.6 is 12.4 Å². The van der Waals surface area contributed by atoms with Gasteiger partial charge in [-0.25, -0.2) is 0 Å². The van der Waals surface area contributed by atoms with E-state index in [0.717, 1.165) is 5.56 Å². The van der Waals surface area contributed by atoms with Gasteiger partial charge in [-0.05, 0) is 30.2 Å². The van der Waals surface area contributed by atoms with Crippen LogP contribution in [0, 0.1) is 0 Å².